The van der Waals surface area contributed by atoms with Crippen LogP contribution in [-0.4, -0.2) is 47.9 Å². The normalized spacial score (nSPS) is 11.7. The van der Waals surface area contributed by atoms with Crippen molar-refractivity contribution in [3.63, 3.8) is 0 Å². The number of aromatic nitrogens is 2. The number of anilines is 1. The summed E-state index contributed by atoms with van der Waals surface area (Å²) in [7, 11) is 1.57. The van der Waals surface area contributed by atoms with Crippen molar-refractivity contribution in [3.8, 4) is 0 Å². The maximum Gasteiger partial charge on any atom is 0.241 e. The maximum atomic E-state index is 11.8. The summed E-state index contributed by atoms with van der Waals surface area (Å²) in [4.78, 5) is 23.4. The van der Waals surface area contributed by atoms with E-state index in [1.54, 1.807) is 13.3 Å². The number of carbonyl (C=O) groups is 2. The van der Waals surface area contributed by atoms with Crippen molar-refractivity contribution < 1.29 is 14.3 Å². The predicted octanol–water partition coefficient (Wildman–Crippen LogP) is -0.0107. The second-order valence-electron chi connectivity index (χ2n) is 5.03. The van der Waals surface area contributed by atoms with Crippen LogP contribution in [0.5, 0.6) is 0 Å². The quantitative estimate of drug-likeness (QED) is 0.579. The number of halogens is 1. The van der Waals surface area contributed by atoms with Crippen molar-refractivity contribution in [1.29, 1.82) is 0 Å². The molecular weight excluding hydrogens is 310 g/mol. The van der Waals surface area contributed by atoms with E-state index in [0.29, 0.717) is 18.8 Å². The van der Waals surface area contributed by atoms with Gasteiger partial charge in [-0.25, -0.2) is 0 Å². The van der Waals surface area contributed by atoms with Crippen molar-refractivity contribution >= 4 is 29.9 Å². The molecule has 0 unspecified atom stereocenters. The zero-order valence-corrected chi connectivity index (χ0v) is 13.9. The summed E-state index contributed by atoms with van der Waals surface area (Å²) in [6.07, 6.45) is 3.06. The van der Waals surface area contributed by atoms with Crippen LogP contribution in [0.3, 0.4) is 0 Å². The first kappa shape index (κ1) is 20.4. The molecule has 1 atom stereocenters. The van der Waals surface area contributed by atoms with E-state index in [0.717, 1.165) is 0 Å². The van der Waals surface area contributed by atoms with E-state index in [1.807, 2.05) is 13.8 Å². The molecule has 126 valence electrons. The van der Waals surface area contributed by atoms with Gasteiger partial charge in [-0.05, 0) is 5.92 Å². The van der Waals surface area contributed by atoms with Crippen molar-refractivity contribution in [2.45, 2.75) is 26.4 Å². The molecule has 0 aliphatic carbocycles. The number of hydrogen-bond donors (Lipinski definition) is 3. The highest BCUT2D eigenvalue weighted by Gasteiger charge is 2.17. The summed E-state index contributed by atoms with van der Waals surface area (Å²) >= 11 is 0. The van der Waals surface area contributed by atoms with Gasteiger partial charge in [0.2, 0.25) is 11.8 Å². The maximum absolute atomic E-state index is 11.8. The summed E-state index contributed by atoms with van der Waals surface area (Å²) in [6, 6.07) is -0.578. The lowest BCUT2D eigenvalue weighted by Crippen LogP contribution is -2.39. The van der Waals surface area contributed by atoms with Gasteiger partial charge in [-0.15, -0.1) is 12.4 Å². The van der Waals surface area contributed by atoms with Crippen LogP contribution in [0.4, 0.5) is 5.69 Å². The number of amides is 2. The third kappa shape index (κ3) is 6.88. The SMILES string of the molecule is COCCNC(=O)Cn1cc(NC(=O)[C@@H](N)C(C)C)cn1.Cl. The van der Waals surface area contributed by atoms with Gasteiger partial charge < -0.3 is 21.1 Å². The molecule has 0 spiro atoms. The lowest BCUT2D eigenvalue weighted by molar-refractivity contribution is -0.122. The minimum atomic E-state index is -0.578. The van der Waals surface area contributed by atoms with Crippen molar-refractivity contribution in [2.75, 3.05) is 25.6 Å². The Kier molecular flexibility index (Phi) is 9.39. The molecule has 1 heterocycles. The largest absolute Gasteiger partial charge is 0.383 e. The molecule has 8 nitrogen and oxygen atoms in total. The number of ether oxygens (including phenoxy) is 1. The Balaban J connectivity index is 0.00000441. The lowest BCUT2D eigenvalue weighted by Gasteiger charge is -2.14. The number of rotatable bonds is 8. The van der Waals surface area contributed by atoms with Crippen molar-refractivity contribution in [2.24, 2.45) is 11.7 Å². The fourth-order valence-corrected chi connectivity index (χ4v) is 1.54. The average molecular weight is 334 g/mol. The molecule has 0 saturated heterocycles. The molecule has 0 bridgehead atoms. The number of nitrogens with one attached hydrogen (secondary N) is 2. The zero-order valence-electron chi connectivity index (χ0n) is 13.0. The molecule has 0 saturated carbocycles. The number of carbonyl (C=O) groups excluding carboxylic acids is 2. The highest BCUT2D eigenvalue weighted by Crippen LogP contribution is 2.07. The van der Waals surface area contributed by atoms with Crippen LogP contribution >= 0.6 is 12.4 Å². The van der Waals surface area contributed by atoms with Gasteiger partial charge in [-0.3, -0.25) is 14.3 Å². The van der Waals surface area contributed by atoms with Gasteiger partial charge in [0.1, 0.15) is 6.54 Å². The van der Waals surface area contributed by atoms with Gasteiger partial charge >= 0.3 is 0 Å². The van der Waals surface area contributed by atoms with Crippen LogP contribution in [0.1, 0.15) is 13.8 Å². The Bertz CT molecular complexity index is 478. The molecule has 22 heavy (non-hydrogen) atoms. The van der Waals surface area contributed by atoms with E-state index >= 15 is 0 Å². The van der Waals surface area contributed by atoms with E-state index in [9.17, 15) is 9.59 Å². The minimum Gasteiger partial charge on any atom is -0.383 e. The number of nitrogens with zero attached hydrogens (tertiary/aromatic N) is 2. The number of nitrogens with two attached hydrogens (primary N) is 1. The molecule has 1 aromatic rings. The molecule has 0 aliphatic rings. The molecule has 2 amide bonds. The van der Waals surface area contributed by atoms with E-state index < -0.39 is 6.04 Å². The third-order valence-corrected chi connectivity index (χ3v) is 2.86. The van der Waals surface area contributed by atoms with Crippen LogP contribution in [0.2, 0.25) is 0 Å². The van der Waals surface area contributed by atoms with Crippen molar-refractivity contribution in [1.82, 2.24) is 15.1 Å². The molecule has 1 aromatic heterocycles. The highest BCUT2D eigenvalue weighted by molar-refractivity contribution is 5.94. The lowest BCUT2D eigenvalue weighted by atomic mass is 10.1. The molecule has 0 radical (unpaired) electrons. The monoisotopic (exact) mass is 333 g/mol. The van der Waals surface area contributed by atoms with Gasteiger partial charge in [-0.1, -0.05) is 13.8 Å². The molecule has 9 heteroatoms. The molecule has 0 aromatic carbocycles. The molecule has 4 N–H and O–H groups in total. The van der Waals surface area contributed by atoms with E-state index in [2.05, 4.69) is 15.7 Å². The summed E-state index contributed by atoms with van der Waals surface area (Å²) < 4.78 is 6.28. The Labute approximate surface area is 136 Å². The minimum absolute atomic E-state index is 0. The molecular formula is C13H24ClN5O3. The average Bonchev–Trinajstić information content (AvgIpc) is 2.85. The van der Waals surface area contributed by atoms with Gasteiger partial charge in [-0.2, -0.15) is 5.10 Å². The first-order valence-electron chi connectivity index (χ1n) is 6.78. The summed E-state index contributed by atoms with van der Waals surface area (Å²) in [5.74, 6) is -0.396. The van der Waals surface area contributed by atoms with E-state index in [4.69, 9.17) is 10.5 Å². The predicted molar refractivity (Wildman–Crippen MR) is 85.8 cm³/mol. The standard InChI is InChI=1S/C13H23N5O3.ClH/c1-9(2)12(14)13(20)17-10-6-16-18(7-10)8-11(19)15-4-5-21-3;/h6-7,9,12H,4-5,8,14H2,1-3H3,(H,15,19)(H,17,20);1H/t12-;/m0./s1. The van der Waals surface area contributed by atoms with Gasteiger partial charge in [0.25, 0.3) is 0 Å². The molecule has 0 fully saturated rings. The van der Waals surface area contributed by atoms with Crippen LogP contribution in [-0.2, 0) is 20.9 Å². The highest BCUT2D eigenvalue weighted by atomic mass is 35.5. The van der Waals surface area contributed by atoms with E-state index in [1.165, 1.54) is 10.9 Å². The second kappa shape index (κ2) is 10.1. The Hall–Kier alpha value is -1.64. The molecule has 0 aliphatic heterocycles. The van der Waals surface area contributed by atoms with Gasteiger partial charge in [0.05, 0.1) is 24.5 Å². The van der Waals surface area contributed by atoms with E-state index in [-0.39, 0.29) is 36.7 Å². The Morgan fingerprint density at radius 1 is 1.45 bits per heavy atom. The first-order valence-corrected chi connectivity index (χ1v) is 6.78. The summed E-state index contributed by atoms with van der Waals surface area (Å²) in [6.45, 7) is 4.73. The van der Waals surface area contributed by atoms with Crippen LogP contribution < -0.4 is 16.4 Å². The number of hydrogen-bond acceptors (Lipinski definition) is 5. The topological polar surface area (TPSA) is 111 Å². The fraction of sp³-hybridized carbons (Fsp3) is 0.615. The van der Waals surface area contributed by atoms with Crippen LogP contribution in [0.25, 0.3) is 0 Å². The van der Waals surface area contributed by atoms with Crippen LogP contribution in [0, 0.1) is 5.92 Å². The number of methoxy groups -OCH3 is 1. The Morgan fingerprint density at radius 3 is 2.73 bits per heavy atom. The third-order valence-electron chi connectivity index (χ3n) is 2.86. The second-order valence-corrected chi connectivity index (χ2v) is 5.03. The summed E-state index contributed by atoms with van der Waals surface area (Å²) in [5.41, 5.74) is 6.26. The van der Waals surface area contributed by atoms with Gasteiger partial charge in [0, 0.05) is 19.9 Å². The van der Waals surface area contributed by atoms with Crippen LogP contribution in [0.15, 0.2) is 12.4 Å². The smallest absolute Gasteiger partial charge is 0.241 e. The fourth-order valence-electron chi connectivity index (χ4n) is 1.54. The Morgan fingerprint density at radius 2 is 2.14 bits per heavy atom. The van der Waals surface area contributed by atoms with Gasteiger partial charge in [0.15, 0.2) is 0 Å². The first-order chi connectivity index (χ1) is 9.93. The van der Waals surface area contributed by atoms with Crippen molar-refractivity contribution in [3.05, 3.63) is 12.4 Å². The molecule has 1 rings (SSSR count). The summed E-state index contributed by atoms with van der Waals surface area (Å²) in [5, 5.41) is 9.36. The zero-order chi connectivity index (χ0) is 15.8.